The van der Waals surface area contributed by atoms with E-state index in [9.17, 15) is 8.42 Å². The van der Waals surface area contributed by atoms with E-state index < -0.39 is 10.0 Å². The molecule has 1 saturated carbocycles. The van der Waals surface area contributed by atoms with Crippen LogP contribution < -0.4 is 10.0 Å². The fraction of sp³-hybridized carbons (Fsp3) is 0.625. The summed E-state index contributed by atoms with van der Waals surface area (Å²) in [4.78, 5) is 0.315. The molecule has 0 heterocycles. The zero-order valence-electron chi connectivity index (χ0n) is 13.1. The number of sulfonamides is 1. The first-order chi connectivity index (χ1) is 9.87. The van der Waals surface area contributed by atoms with Crippen molar-refractivity contribution in [1.29, 1.82) is 0 Å². The summed E-state index contributed by atoms with van der Waals surface area (Å²) in [6.07, 6.45) is 5.11. The average Bonchev–Trinajstić information content (AvgIpc) is 2.37. The van der Waals surface area contributed by atoms with Crippen molar-refractivity contribution in [1.82, 2.24) is 4.72 Å². The lowest BCUT2D eigenvalue weighted by atomic mass is 9.67. The van der Waals surface area contributed by atoms with Crippen LogP contribution in [0.5, 0.6) is 0 Å². The normalized spacial score (nSPS) is 17.5. The standard InChI is InChI=1S/C16H26N2O2S/c1-4-16(10-5-11-16)12-17-14-6-8-15(9-7-14)21(19,20)18-13(2)3/h6-9,13,17-18H,4-5,10-12H2,1-3H3. The lowest BCUT2D eigenvalue weighted by Gasteiger charge is -2.41. The third-order valence-electron chi connectivity index (χ3n) is 4.39. The second kappa shape index (κ2) is 6.36. The van der Waals surface area contributed by atoms with Crippen LogP contribution in [-0.4, -0.2) is 21.0 Å². The van der Waals surface area contributed by atoms with Crippen LogP contribution in [0.1, 0.15) is 46.5 Å². The SMILES string of the molecule is CCC1(CNc2ccc(S(=O)(=O)NC(C)C)cc2)CCC1. The van der Waals surface area contributed by atoms with Crippen LogP contribution in [0.25, 0.3) is 0 Å². The van der Waals surface area contributed by atoms with Gasteiger partial charge in [-0.2, -0.15) is 0 Å². The average molecular weight is 310 g/mol. The Labute approximate surface area is 128 Å². The number of benzene rings is 1. The van der Waals surface area contributed by atoms with E-state index in [0.29, 0.717) is 10.3 Å². The van der Waals surface area contributed by atoms with E-state index in [1.54, 1.807) is 12.1 Å². The van der Waals surface area contributed by atoms with Crippen LogP contribution in [0.3, 0.4) is 0 Å². The van der Waals surface area contributed by atoms with Gasteiger partial charge in [-0.05, 0) is 62.8 Å². The molecule has 0 unspecified atom stereocenters. The van der Waals surface area contributed by atoms with Crippen molar-refractivity contribution in [3.05, 3.63) is 24.3 Å². The summed E-state index contributed by atoms with van der Waals surface area (Å²) < 4.78 is 26.7. The molecule has 118 valence electrons. The molecule has 0 spiro atoms. The Bertz CT molecular complexity index is 555. The summed E-state index contributed by atoms with van der Waals surface area (Å²) in [6.45, 7) is 6.85. The molecule has 1 aliphatic rings. The van der Waals surface area contributed by atoms with Gasteiger partial charge in [0.2, 0.25) is 10.0 Å². The largest absolute Gasteiger partial charge is 0.384 e. The van der Waals surface area contributed by atoms with Gasteiger partial charge in [0, 0.05) is 18.3 Å². The van der Waals surface area contributed by atoms with Gasteiger partial charge in [0.05, 0.1) is 4.90 Å². The minimum absolute atomic E-state index is 0.101. The Morgan fingerprint density at radius 3 is 2.24 bits per heavy atom. The van der Waals surface area contributed by atoms with Gasteiger partial charge in [-0.3, -0.25) is 0 Å². The van der Waals surface area contributed by atoms with Gasteiger partial charge in [0.25, 0.3) is 0 Å². The summed E-state index contributed by atoms with van der Waals surface area (Å²) in [6, 6.07) is 6.91. The van der Waals surface area contributed by atoms with Gasteiger partial charge in [-0.15, -0.1) is 0 Å². The van der Waals surface area contributed by atoms with Crippen molar-refractivity contribution in [3.8, 4) is 0 Å². The summed E-state index contributed by atoms with van der Waals surface area (Å²) >= 11 is 0. The molecular formula is C16H26N2O2S. The van der Waals surface area contributed by atoms with Crippen LogP contribution in [0.4, 0.5) is 5.69 Å². The van der Waals surface area contributed by atoms with Gasteiger partial charge in [0.15, 0.2) is 0 Å². The maximum absolute atomic E-state index is 12.0. The molecule has 0 aliphatic heterocycles. The predicted octanol–water partition coefficient (Wildman–Crippen LogP) is 3.37. The van der Waals surface area contributed by atoms with Crippen molar-refractivity contribution >= 4 is 15.7 Å². The first kappa shape index (κ1) is 16.3. The molecule has 1 fully saturated rings. The number of rotatable bonds is 7. The fourth-order valence-corrected chi connectivity index (χ4v) is 4.00. The highest BCUT2D eigenvalue weighted by Gasteiger charge is 2.34. The van der Waals surface area contributed by atoms with Gasteiger partial charge < -0.3 is 5.32 Å². The Balaban J connectivity index is 1.99. The van der Waals surface area contributed by atoms with E-state index in [1.807, 2.05) is 26.0 Å². The highest BCUT2D eigenvalue weighted by Crippen LogP contribution is 2.43. The first-order valence-corrected chi connectivity index (χ1v) is 9.21. The summed E-state index contributed by atoms with van der Waals surface area (Å²) in [7, 11) is -3.40. The van der Waals surface area contributed by atoms with Crippen LogP contribution in [-0.2, 0) is 10.0 Å². The van der Waals surface area contributed by atoms with Crippen molar-refractivity contribution in [3.63, 3.8) is 0 Å². The highest BCUT2D eigenvalue weighted by molar-refractivity contribution is 7.89. The van der Waals surface area contributed by atoms with Gasteiger partial charge in [-0.1, -0.05) is 13.3 Å². The molecular weight excluding hydrogens is 284 g/mol. The second-order valence-electron chi connectivity index (χ2n) is 6.36. The number of hydrogen-bond acceptors (Lipinski definition) is 3. The quantitative estimate of drug-likeness (QED) is 0.812. The molecule has 4 nitrogen and oxygen atoms in total. The minimum Gasteiger partial charge on any atom is -0.384 e. The fourth-order valence-electron chi connectivity index (χ4n) is 2.75. The molecule has 1 aromatic rings. The molecule has 21 heavy (non-hydrogen) atoms. The zero-order chi connectivity index (χ0) is 15.5. The van der Waals surface area contributed by atoms with Gasteiger partial charge in [0.1, 0.15) is 0 Å². The maximum atomic E-state index is 12.0. The van der Waals surface area contributed by atoms with Crippen LogP contribution in [0.2, 0.25) is 0 Å². The van der Waals surface area contributed by atoms with E-state index in [0.717, 1.165) is 12.2 Å². The van der Waals surface area contributed by atoms with Gasteiger partial charge >= 0.3 is 0 Å². The van der Waals surface area contributed by atoms with Crippen molar-refractivity contribution in [2.75, 3.05) is 11.9 Å². The molecule has 0 amide bonds. The summed E-state index contributed by atoms with van der Waals surface area (Å²) in [5.74, 6) is 0. The van der Waals surface area contributed by atoms with Crippen LogP contribution >= 0.6 is 0 Å². The second-order valence-corrected chi connectivity index (χ2v) is 8.08. The molecule has 0 aromatic heterocycles. The number of hydrogen-bond donors (Lipinski definition) is 2. The van der Waals surface area contributed by atoms with E-state index in [-0.39, 0.29) is 6.04 Å². The van der Waals surface area contributed by atoms with E-state index in [2.05, 4.69) is 17.0 Å². The van der Waals surface area contributed by atoms with Gasteiger partial charge in [-0.25, -0.2) is 13.1 Å². The Morgan fingerprint density at radius 1 is 1.19 bits per heavy atom. The Morgan fingerprint density at radius 2 is 1.81 bits per heavy atom. The Kier molecular flexibility index (Phi) is 4.94. The van der Waals surface area contributed by atoms with Crippen molar-refractivity contribution in [2.45, 2.75) is 57.4 Å². The monoisotopic (exact) mass is 310 g/mol. The topological polar surface area (TPSA) is 58.2 Å². The molecule has 0 saturated heterocycles. The van der Waals surface area contributed by atoms with Crippen molar-refractivity contribution < 1.29 is 8.42 Å². The maximum Gasteiger partial charge on any atom is 0.240 e. The predicted molar refractivity (Wildman–Crippen MR) is 87.0 cm³/mol. The lowest BCUT2D eigenvalue weighted by molar-refractivity contribution is 0.145. The zero-order valence-corrected chi connectivity index (χ0v) is 14.0. The molecule has 0 radical (unpaired) electrons. The van der Waals surface area contributed by atoms with Crippen molar-refractivity contribution in [2.24, 2.45) is 5.41 Å². The molecule has 2 rings (SSSR count). The first-order valence-electron chi connectivity index (χ1n) is 7.73. The minimum atomic E-state index is -3.40. The number of nitrogens with one attached hydrogen (secondary N) is 2. The molecule has 0 bridgehead atoms. The highest BCUT2D eigenvalue weighted by atomic mass is 32.2. The molecule has 1 aromatic carbocycles. The smallest absolute Gasteiger partial charge is 0.240 e. The van der Waals surface area contributed by atoms with E-state index >= 15 is 0 Å². The van der Waals surface area contributed by atoms with Crippen LogP contribution in [0.15, 0.2) is 29.2 Å². The summed E-state index contributed by atoms with van der Waals surface area (Å²) in [5.41, 5.74) is 1.43. The molecule has 5 heteroatoms. The Hall–Kier alpha value is -1.07. The third-order valence-corrected chi connectivity index (χ3v) is 6.06. The van der Waals surface area contributed by atoms with E-state index in [1.165, 1.54) is 25.7 Å². The molecule has 2 N–H and O–H groups in total. The molecule has 1 aliphatic carbocycles. The van der Waals surface area contributed by atoms with Crippen LogP contribution in [0, 0.1) is 5.41 Å². The molecule has 0 atom stereocenters. The lowest BCUT2D eigenvalue weighted by Crippen LogP contribution is -2.35. The number of anilines is 1. The van der Waals surface area contributed by atoms with E-state index in [4.69, 9.17) is 0 Å². The summed E-state index contributed by atoms with van der Waals surface area (Å²) in [5, 5.41) is 3.44. The third kappa shape index (κ3) is 3.98.